The Morgan fingerprint density at radius 1 is 0.960 bits per heavy atom. The lowest BCUT2D eigenvalue weighted by Crippen LogP contribution is -2.36. The van der Waals surface area contributed by atoms with E-state index in [4.69, 9.17) is 19.3 Å². The molecule has 0 saturated heterocycles. The van der Waals surface area contributed by atoms with E-state index in [0.717, 1.165) is 5.56 Å². The second-order valence-electron chi connectivity index (χ2n) is 12.9. The SMILES string of the molecule is COC(=O)c1c(C)[nH]c2c(O)cc3c(c12)CCN3C(=O)c1cc2cc(NC(=O)c3cc4cc(NC(=O)[C@@H](N)CC(C)C)ccc4o3)ccc2o1. The van der Waals surface area contributed by atoms with Crippen LogP contribution >= 0.6 is 0 Å². The van der Waals surface area contributed by atoms with Gasteiger partial charge in [-0.1, -0.05) is 13.8 Å². The summed E-state index contributed by atoms with van der Waals surface area (Å²) in [7, 11) is 1.29. The smallest absolute Gasteiger partial charge is 0.340 e. The first-order chi connectivity index (χ1) is 23.9. The van der Waals surface area contributed by atoms with Crippen LogP contribution in [0.5, 0.6) is 5.75 Å². The number of phenols is 1. The summed E-state index contributed by atoms with van der Waals surface area (Å²) in [5, 5.41) is 18.2. The van der Waals surface area contributed by atoms with Crippen LogP contribution in [0.25, 0.3) is 32.8 Å². The molecule has 0 unspecified atom stereocenters. The van der Waals surface area contributed by atoms with Crippen LogP contribution in [0, 0.1) is 12.8 Å². The number of nitrogens with two attached hydrogens (primary N) is 1. The highest BCUT2D eigenvalue weighted by atomic mass is 16.5. The van der Waals surface area contributed by atoms with Crippen molar-refractivity contribution >= 4 is 73.6 Å². The summed E-state index contributed by atoms with van der Waals surface area (Å²) in [5.41, 5.74) is 10.4. The minimum Gasteiger partial charge on any atom is -0.506 e. The number of methoxy groups -OCH3 is 1. The monoisotopic (exact) mass is 677 g/mol. The Labute approximate surface area is 285 Å². The summed E-state index contributed by atoms with van der Waals surface area (Å²) in [5.74, 6) is -1.41. The van der Waals surface area contributed by atoms with Gasteiger partial charge in [0.15, 0.2) is 11.5 Å². The molecule has 4 heterocycles. The van der Waals surface area contributed by atoms with Crippen molar-refractivity contribution in [2.45, 2.75) is 39.7 Å². The van der Waals surface area contributed by atoms with Crippen molar-refractivity contribution < 1.29 is 37.9 Å². The lowest BCUT2D eigenvalue weighted by atomic mass is 10.0. The number of ether oxygens (including phenoxy) is 1. The van der Waals surface area contributed by atoms with Crippen LogP contribution in [-0.4, -0.2) is 53.5 Å². The number of rotatable bonds is 8. The highest BCUT2D eigenvalue weighted by Crippen LogP contribution is 2.42. The first kappa shape index (κ1) is 32.5. The molecule has 13 nitrogen and oxygen atoms in total. The van der Waals surface area contributed by atoms with E-state index >= 15 is 0 Å². The summed E-state index contributed by atoms with van der Waals surface area (Å²) in [6.45, 7) is 6.03. The normalized spacial score (nSPS) is 13.3. The number of esters is 1. The van der Waals surface area contributed by atoms with Crippen molar-refractivity contribution in [3.63, 3.8) is 0 Å². The lowest BCUT2D eigenvalue weighted by molar-refractivity contribution is -0.117. The van der Waals surface area contributed by atoms with Crippen molar-refractivity contribution in [3.8, 4) is 5.75 Å². The summed E-state index contributed by atoms with van der Waals surface area (Å²) >= 11 is 0. The molecule has 50 heavy (non-hydrogen) atoms. The van der Waals surface area contributed by atoms with Gasteiger partial charge in [0, 0.05) is 45.8 Å². The van der Waals surface area contributed by atoms with Gasteiger partial charge < -0.3 is 44.9 Å². The Morgan fingerprint density at radius 3 is 2.26 bits per heavy atom. The zero-order valence-corrected chi connectivity index (χ0v) is 27.8. The Bertz CT molecular complexity index is 2360. The Hall–Kier alpha value is -6.08. The zero-order chi connectivity index (χ0) is 35.4. The molecule has 0 bridgehead atoms. The molecule has 6 aromatic rings. The molecule has 0 spiro atoms. The van der Waals surface area contributed by atoms with Gasteiger partial charge in [-0.25, -0.2) is 4.79 Å². The van der Waals surface area contributed by atoms with E-state index in [2.05, 4.69) is 15.6 Å². The van der Waals surface area contributed by atoms with Gasteiger partial charge in [-0.3, -0.25) is 14.4 Å². The molecule has 3 aromatic heterocycles. The Morgan fingerprint density at radius 2 is 1.60 bits per heavy atom. The topological polar surface area (TPSA) is 193 Å². The van der Waals surface area contributed by atoms with Crippen LogP contribution in [0.2, 0.25) is 0 Å². The van der Waals surface area contributed by atoms with Crippen molar-refractivity contribution in [1.29, 1.82) is 0 Å². The lowest BCUT2D eigenvalue weighted by Gasteiger charge is -2.16. The van der Waals surface area contributed by atoms with Crippen LogP contribution in [0.3, 0.4) is 0 Å². The number of benzene rings is 3. The molecule has 7 rings (SSSR count). The molecule has 0 radical (unpaired) electrons. The summed E-state index contributed by atoms with van der Waals surface area (Å²) in [4.78, 5) is 56.5. The second-order valence-corrected chi connectivity index (χ2v) is 12.9. The predicted octanol–water partition coefficient (Wildman–Crippen LogP) is 6.23. The number of fused-ring (bicyclic) bond motifs is 5. The van der Waals surface area contributed by atoms with Crippen LogP contribution in [0.15, 0.2) is 63.4 Å². The van der Waals surface area contributed by atoms with E-state index in [1.807, 2.05) is 13.8 Å². The van der Waals surface area contributed by atoms with Crippen molar-refractivity contribution in [2.75, 3.05) is 29.2 Å². The molecule has 0 saturated carbocycles. The molecular formula is C37H35N5O8. The molecule has 13 heteroatoms. The fourth-order valence-electron chi connectivity index (χ4n) is 6.58. The Balaban J connectivity index is 1.09. The summed E-state index contributed by atoms with van der Waals surface area (Å²) < 4.78 is 16.7. The molecule has 3 amide bonds. The highest BCUT2D eigenvalue weighted by Gasteiger charge is 2.33. The largest absolute Gasteiger partial charge is 0.506 e. The van der Waals surface area contributed by atoms with Gasteiger partial charge in [-0.05, 0) is 79.8 Å². The number of nitrogens with zero attached hydrogens (tertiary/aromatic N) is 1. The average Bonchev–Trinajstić information content (AvgIpc) is 3.87. The van der Waals surface area contributed by atoms with E-state index in [1.54, 1.807) is 55.5 Å². The minimum atomic E-state index is -0.632. The van der Waals surface area contributed by atoms with Gasteiger partial charge >= 0.3 is 5.97 Å². The second kappa shape index (κ2) is 12.4. The standard InChI is InChI=1S/C37H35N5O8/c1-17(2)11-24(38)34(44)40-21-5-7-27-19(12-21)14-29(49-27)35(45)41-22-6-8-28-20(13-22)15-30(50-28)36(46)42-10-9-23-25(42)16-26(43)33-32(23)31(18(3)39-33)37(47)48-4/h5-8,12-17,24,39,43H,9-11,38H2,1-4H3,(H,40,44)(H,41,45)/t24-/m0/s1. The maximum Gasteiger partial charge on any atom is 0.340 e. The number of anilines is 3. The maximum atomic E-state index is 13.7. The molecule has 1 atom stereocenters. The Kier molecular flexibility index (Phi) is 8.07. The predicted molar refractivity (Wildman–Crippen MR) is 188 cm³/mol. The van der Waals surface area contributed by atoms with E-state index in [0.29, 0.717) is 80.5 Å². The van der Waals surface area contributed by atoms with Gasteiger partial charge in [0.2, 0.25) is 5.91 Å². The molecule has 1 aliphatic heterocycles. The molecule has 0 fully saturated rings. The zero-order valence-electron chi connectivity index (χ0n) is 27.8. The summed E-state index contributed by atoms with van der Waals surface area (Å²) in [6.07, 6.45) is 1.02. The van der Waals surface area contributed by atoms with E-state index in [1.165, 1.54) is 18.1 Å². The molecule has 1 aliphatic rings. The number of hydrogen-bond donors (Lipinski definition) is 5. The fourth-order valence-corrected chi connectivity index (χ4v) is 6.58. The van der Waals surface area contributed by atoms with Crippen LogP contribution < -0.4 is 21.3 Å². The van der Waals surface area contributed by atoms with Gasteiger partial charge in [-0.2, -0.15) is 0 Å². The van der Waals surface area contributed by atoms with E-state index in [9.17, 15) is 24.3 Å². The fraction of sp³-hybridized carbons (Fsp3) is 0.243. The van der Waals surface area contributed by atoms with E-state index in [-0.39, 0.29) is 29.1 Å². The number of carbonyl (C=O) groups excluding carboxylic acids is 4. The number of hydrogen-bond acceptors (Lipinski definition) is 9. The average molecular weight is 678 g/mol. The van der Waals surface area contributed by atoms with Crippen molar-refractivity contribution in [2.24, 2.45) is 11.7 Å². The number of aromatic hydroxyl groups is 1. The van der Waals surface area contributed by atoms with Crippen LogP contribution in [0.1, 0.15) is 63.0 Å². The number of aromatic amines is 1. The van der Waals surface area contributed by atoms with Crippen LogP contribution in [0.4, 0.5) is 17.1 Å². The molecule has 256 valence electrons. The molecule has 3 aromatic carbocycles. The molecule has 6 N–H and O–H groups in total. The van der Waals surface area contributed by atoms with Gasteiger partial charge in [0.1, 0.15) is 16.9 Å². The maximum absolute atomic E-state index is 13.7. The van der Waals surface area contributed by atoms with Gasteiger partial charge in [0.05, 0.1) is 29.9 Å². The highest BCUT2D eigenvalue weighted by molar-refractivity contribution is 6.14. The van der Waals surface area contributed by atoms with Crippen molar-refractivity contribution in [3.05, 3.63) is 82.9 Å². The van der Waals surface area contributed by atoms with Gasteiger partial charge in [0.25, 0.3) is 11.8 Å². The first-order valence-electron chi connectivity index (χ1n) is 16.1. The number of furan rings is 2. The summed E-state index contributed by atoms with van der Waals surface area (Å²) in [6, 6.07) is 14.1. The minimum absolute atomic E-state index is 0.0692. The number of phenolic OH excluding ortho intramolecular Hbond substituents is 1. The number of nitrogens with one attached hydrogen (secondary N) is 3. The molecule has 0 aliphatic carbocycles. The number of H-pyrrole nitrogens is 1. The third-order valence-electron chi connectivity index (χ3n) is 8.89. The van der Waals surface area contributed by atoms with Gasteiger partial charge in [-0.15, -0.1) is 0 Å². The van der Waals surface area contributed by atoms with E-state index < -0.39 is 23.8 Å². The quantitative estimate of drug-likeness (QED) is 0.116. The number of carbonyl (C=O) groups is 4. The number of aromatic nitrogens is 1. The van der Waals surface area contributed by atoms with Crippen LogP contribution in [-0.2, 0) is 16.0 Å². The third-order valence-corrected chi connectivity index (χ3v) is 8.89. The number of aryl methyl sites for hydroxylation is 1. The molecular weight excluding hydrogens is 642 g/mol. The first-order valence-corrected chi connectivity index (χ1v) is 16.1. The third kappa shape index (κ3) is 5.71. The van der Waals surface area contributed by atoms with Crippen molar-refractivity contribution in [1.82, 2.24) is 4.98 Å². The number of amides is 3.